The van der Waals surface area contributed by atoms with E-state index in [2.05, 4.69) is 17.9 Å². The molecule has 28 heavy (non-hydrogen) atoms. The molecule has 2 aromatic rings. The molecule has 0 spiro atoms. The average Bonchev–Trinajstić information content (AvgIpc) is 2.96. The molecule has 144 valence electrons. The lowest BCUT2D eigenvalue weighted by Gasteiger charge is -2.30. The summed E-state index contributed by atoms with van der Waals surface area (Å²) in [6.07, 6.45) is 1.77. The van der Waals surface area contributed by atoms with Gasteiger partial charge in [-0.15, -0.1) is 0 Å². The van der Waals surface area contributed by atoms with Crippen LogP contribution in [-0.4, -0.2) is 37.4 Å². The Hall–Kier alpha value is -2.28. The highest BCUT2D eigenvalue weighted by atomic mass is 35.5. The van der Waals surface area contributed by atoms with Gasteiger partial charge in [-0.2, -0.15) is 0 Å². The minimum atomic E-state index is -0.327. The van der Waals surface area contributed by atoms with E-state index in [1.54, 1.807) is 30.3 Å². The van der Waals surface area contributed by atoms with E-state index in [1.165, 1.54) is 5.69 Å². The summed E-state index contributed by atoms with van der Waals surface area (Å²) in [6.45, 7) is 5.27. The van der Waals surface area contributed by atoms with Gasteiger partial charge in [-0.1, -0.05) is 23.7 Å². The summed E-state index contributed by atoms with van der Waals surface area (Å²) in [5.74, 6) is -0.327. The number of thioether (sulfide) groups is 1. The number of hydrogen-bond donors (Lipinski definition) is 0. The molecule has 0 radical (unpaired) electrons. The quantitative estimate of drug-likeness (QED) is 0.680. The summed E-state index contributed by atoms with van der Waals surface area (Å²) in [5, 5.41) is 0.162. The number of carbonyl (C=O) groups excluding carboxylic acids is 2. The Morgan fingerprint density at radius 2 is 1.89 bits per heavy atom. The van der Waals surface area contributed by atoms with Crippen LogP contribution in [0.2, 0.25) is 5.02 Å². The predicted octanol–water partition coefficient (Wildman–Crippen LogP) is 4.73. The average molecular weight is 415 g/mol. The van der Waals surface area contributed by atoms with Crippen molar-refractivity contribution in [2.75, 3.05) is 36.1 Å². The molecular weight excluding hydrogens is 396 g/mol. The minimum absolute atomic E-state index is 0.319. The second-order valence-corrected chi connectivity index (χ2v) is 8.07. The zero-order valence-corrected chi connectivity index (χ0v) is 16.9. The number of rotatable bonds is 3. The van der Waals surface area contributed by atoms with Crippen LogP contribution in [0.15, 0.2) is 47.4 Å². The first-order valence-electron chi connectivity index (χ1n) is 9.00. The summed E-state index contributed by atoms with van der Waals surface area (Å²) >= 11 is 6.94. The highest BCUT2D eigenvalue weighted by Crippen LogP contribution is 2.36. The van der Waals surface area contributed by atoms with E-state index in [4.69, 9.17) is 16.3 Å². The number of nitrogens with zero attached hydrogens (tertiary/aromatic N) is 2. The van der Waals surface area contributed by atoms with Crippen molar-refractivity contribution in [2.45, 2.75) is 6.92 Å². The van der Waals surface area contributed by atoms with Crippen LogP contribution in [0.1, 0.15) is 11.1 Å². The lowest BCUT2D eigenvalue weighted by atomic mass is 10.1. The molecule has 0 unspecified atom stereocenters. The van der Waals surface area contributed by atoms with Crippen LogP contribution in [0.3, 0.4) is 0 Å². The monoisotopic (exact) mass is 414 g/mol. The number of benzene rings is 2. The molecule has 4 rings (SSSR count). The summed E-state index contributed by atoms with van der Waals surface area (Å²) in [6, 6.07) is 12.8. The minimum Gasteiger partial charge on any atom is -0.378 e. The first-order valence-corrected chi connectivity index (χ1v) is 10.2. The molecule has 0 N–H and O–H groups in total. The van der Waals surface area contributed by atoms with Gasteiger partial charge in [-0.25, -0.2) is 4.90 Å². The van der Waals surface area contributed by atoms with Crippen molar-refractivity contribution in [3.05, 3.63) is 63.5 Å². The number of aryl methyl sites for hydroxylation is 1. The van der Waals surface area contributed by atoms with Crippen LogP contribution in [0.25, 0.3) is 6.08 Å². The van der Waals surface area contributed by atoms with Gasteiger partial charge >= 0.3 is 0 Å². The molecule has 0 bridgehead atoms. The molecule has 2 heterocycles. The van der Waals surface area contributed by atoms with E-state index >= 15 is 0 Å². The number of morpholine rings is 1. The fourth-order valence-corrected chi connectivity index (χ4v) is 4.41. The zero-order valence-electron chi connectivity index (χ0n) is 15.4. The molecule has 0 saturated carbocycles. The van der Waals surface area contributed by atoms with Gasteiger partial charge in [-0.3, -0.25) is 9.59 Å². The normalized spacial score (nSPS) is 19.0. The van der Waals surface area contributed by atoms with Crippen LogP contribution < -0.4 is 9.80 Å². The highest BCUT2D eigenvalue weighted by molar-refractivity contribution is 8.19. The van der Waals surface area contributed by atoms with E-state index in [0.29, 0.717) is 15.6 Å². The van der Waals surface area contributed by atoms with Crippen molar-refractivity contribution >= 4 is 52.0 Å². The maximum atomic E-state index is 12.8. The van der Waals surface area contributed by atoms with Gasteiger partial charge in [0, 0.05) is 23.8 Å². The third-order valence-corrected chi connectivity index (χ3v) is 5.84. The molecular formula is C21H19ClN2O3S. The number of ether oxygens (including phenoxy) is 1. The Bertz CT molecular complexity index is 970. The fourth-order valence-electron chi connectivity index (χ4n) is 3.38. The van der Waals surface area contributed by atoms with Crippen LogP contribution >= 0.6 is 23.4 Å². The standard InChI is InChI=1S/C21H19ClN2O3S/c1-14-11-15(5-6-18(14)23-7-9-27-10-8-23)12-19-20(25)24(21(26)28-19)17-4-2-3-16(22)13-17/h2-6,11-13H,7-10H2,1H3/b19-12+. The number of carbonyl (C=O) groups is 2. The second-order valence-electron chi connectivity index (χ2n) is 6.64. The summed E-state index contributed by atoms with van der Waals surface area (Å²) in [7, 11) is 0. The van der Waals surface area contributed by atoms with Gasteiger partial charge in [0.05, 0.1) is 23.8 Å². The number of halogens is 1. The Morgan fingerprint density at radius 3 is 2.61 bits per heavy atom. The van der Waals surface area contributed by atoms with Crippen molar-refractivity contribution in [1.29, 1.82) is 0 Å². The lowest BCUT2D eigenvalue weighted by Crippen LogP contribution is -2.36. The first-order chi connectivity index (χ1) is 13.5. The molecule has 2 amide bonds. The molecule has 2 aliphatic rings. The number of anilines is 2. The Balaban J connectivity index is 1.58. The molecule has 0 aliphatic carbocycles. The van der Waals surface area contributed by atoms with Gasteiger partial charge in [0.15, 0.2) is 0 Å². The second kappa shape index (κ2) is 7.99. The predicted molar refractivity (Wildman–Crippen MR) is 114 cm³/mol. The third kappa shape index (κ3) is 3.81. The molecule has 2 aromatic carbocycles. The van der Waals surface area contributed by atoms with Crippen LogP contribution in [0, 0.1) is 6.92 Å². The topological polar surface area (TPSA) is 49.9 Å². The van der Waals surface area contributed by atoms with Crippen molar-refractivity contribution in [1.82, 2.24) is 0 Å². The maximum absolute atomic E-state index is 12.8. The molecule has 0 atom stereocenters. The first kappa shape index (κ1) is 19.1. The molecule has 5 nitrogen and oxygen atoms in total. The van der Waals surface area contributed by atoms with Crippen LogP contribution in [0.4, 0.5) is 16.2 Å². The molecule has 7 heteroatoms. The molecule has 0 aromatic heterocycles. The maximum Gasteiger partial charge on any atom is 0.298 e. The Kier molecular flexibility index (Phi) is 5.44. The van der Waals surface area contributed by atoms with E-state index in [0.717, 1.165) is 54.1 Å². The Labute approximate surface area is 172 Å². The zero-order chi connectivity index (χ0) is 19.7. The Morgan fingerprint density at radius 1 is 1.11 bits per heavy atom. The van der Waals surface area contributed by atoms with Gasteiger partial charge in [0.1, 0.15) is 0 Å². The van der Waals surface area contributed by atoms with E-state index < -0.39 is 0 Å². The van der Waals surface area contributed by atoms with Crippen molar-refractivity contribution in [3.63, 3.8) is 0 Å². The summed E-state index contributed by atoms with van der Waals surface area (Å²) in [5.41, 5.74) is 3.68. The molecule has 2 saturated heterocycles. The van der Waals surface area contributed by atoms with Crippen molar-refractivity contribution in [3.8, 4) is 0 Å². The fraction of sp³-hybridized carbons (Fsp3) is 0.238. The van der Waals surface area contributed by atoms with Gasteiger partial charge in [-0.05, 0) is 66.2 Å². The number of amides is 2. The SMILES string of the molecule is Cc1cc(/C=C2/SC(=O)N(c3cccc(Cl)c3)C2=O)ccc1N1CCOCC1. The largest absolute Gasteiger partial charge is 0.378 e. The molecule has 2 fully saturated rings. The summed E-state index contributed by atoms with van der Waals surface area (Å²) < 4.78 is 5.41. The number of hydrogen-bond acceptors (Lipinski definition) is 5. The van der Waals surface area contributed by atoms with E-state index in [1.807, 2.05) is 12.1 Å². The van der Waals surface area contributed by atoms with Crippen molar-refractivity contribution in [2.24, 2.45) is 0 Å². The molecule has 2 aliphatic heterocycles. The van der Waals surface area contributed by atoms with E-state index in [9.17, 15) is 9.59 Å². The smallest absolute Gasteiger partial charge is 0.298 e. The highest BCUT2D eigenvalue weighted by Gasteiger charge is 2.36. The summed E-state index contributed by atoms with van der Waals surface area (Å²) in [4.78, 5) is 29.0. The van der Waals surface area contributed by atoms with Gasteiger partial charge in [0.25, 0.3) is 11.1 Å². The van der Waals surface area contributed by atoms with Crippen molar-refractivity contribution < 1.29 is 14.3 Å². The third-order valence-electron chi connectivity index (χ3n) is 4.73. The van der Waals surface area contributed by atoms with Crippen LogP contribution in [-0.2, 0) is 9.53 Å². The van der Waals surface area contributed by atoms with E-state index in [-0.39, 0.29) is 11.1 Å². The van der Waals surface area contributed by atoms with Crippen LogP contribution in [0.5, 0.6) is 0 Å². The van der Waals surface area contributed by atoms with Gasteiger partial charge < -0.3 is 9.64 Å². The number of imide groups is 1. The lowest BCUT2D eigenvalue weighted by molar-refractivity contribution is -0.113. The van der Waals surface area contributed by atoms with Gasteiger partial charge in [0.2, 0.25) is 0 Å².